The predicted molar refractivity (Wildman–Crippen MR) is 99.9 cm³/mol. The van der Waals surface area contributed by atoms with Crippen LogP contribution < -0.4 is 5.32 Å². The van der Waals surface area contributed by atoms with Crippen molar-refractivity contribution in [2.45, 2.75) is 12.8 Å². The van der Waals surface area contributed by atoms with E-state index >= 15 is 0 Å². The molecule has 1 amide bonds. The fourth-order valence-electron chi connectivity index (χ4n) is 2.25. The Morgan fingerprint density at radius 3 is 2.77 bits per heavy atom. The highest BCUT2D eigenvalue weighted by molar-refractivity contribution is 7.10. The first-order chi connectivity index (χ1) is 12.8. The number of rotatable bonds is 6. The fraction of sp³-hybridized carbons (Fsp3) is 0.118. The lowest BCUT2D eigenvalue weighted by Gasteiger charge is -1.98. The molecule has 0 atom stereocenters. The summed E-state index contributed by atoms with van der Waals surface area (Å²) < 4.78 is 9.45. The van der Waals surface area contributed by atoms with Gasteiger partial charge >= 0.3 is 0 Å². The molecule has 130 valence electrons. The summed E-state index contributed by atoms with van der Waals surface area (Å²) in [6, 6.07) is 11.5. The zero-order valence-corrected chi connectivity index (χ0v) is 15.1. The van der Waals surface area contributed by atoms with Crippen LogP contribution in [0.4, 0.5) is 5.13 Å². The van der Waals surface area contributed by atoms with Crippen LogP contribution in [0.2, 0.25) is 0 Å². The first-order valence-electron chi connectivity index (χ1n) is 7.82. The molecule has 1 N–H and O–H groups in total. The Kier molecular flexibility index (Phi) is 4.80. The van der Waals surface area contributed by atoms with E-state index in [-0.39, 0.29) is 12.3 Å². The SMILES string of the molecule is O=C(CCc1nc(-c2ccsc2)no1)Nc1nc(-c2ccccc2)ns1. The Bertz CT molecular complexity index is 995. The van der Waals surface area contributed by atoms with Crippen molar-refractivity contribution in [2.24, 2.45) is 0 Å². The van der Waals surface area contributed by atoms with Crippen LogP contribution in [0.1, 0.15) is 12.3 Å². The smallest absolute Gasteiger partial charge is 0.227 e. The van der Waals surface area contributed by atoms with E-state index < -0.39 is 0 Å². The number of benzene rings is 1. The van der Waals surface area contributed by atoms with Crippen molar-refractivity contribution in [2.75, 3.05) is 5.32 Å². The third-order valence-corrected chi connectivity index (χ3v) is 4.83. The maximum absolute atomic E-state index is 12.1. The second-order valence-corrected chi connectivity index (χ2v) is 6.89. The first kappa shape index (κ1) is 16.6. The van der Waals surface area contributed by atoms with E-state index in [1.165, 1.54) is 0 Å². The van der Waals surface area contributed by atoms with Gasteiger partial charge in [-0.2, -0.15) is 25.7 Å². The van der Waals surface area contributed by atoms with E-state index in [9.17, 15) is 4.79 Å². The molecule has 0 aliphatic rings. The summed E-state index contributed by atoms with van der Waals surface area (Å²) in [5.41, 5.74) is 1.83. The van der Waals surface area contributed by atoms with Crippen LogP contribution in [0.5, 0.6) is 0 Å². The molecule has 0 aliphatic heterocycles. The molecule has 3 aromatic heterocycles. The van der Waals surface area contributed by atoms with Gasteiger partial charge in [-0.1, -0.05) is 35.5 Å². The molecule has 0 bridgehead atoms. The summed E-state index contributed by atoms with van der Waals surface area (Å²) in [6.45, 7) is 0. The Morgan fingerprint density at radius 1 is 1.08 bits per heavy atom. The van der Waals surface area contributed by atoms with Crippen LogP contribution in [-0.4, -0.2) is 25.4 Å². The molecule has 0 radical (unpaired) electrons. The predicted octanol–water partition coefficient (Wildman–Crippen LogP) is 3.89. The summed E-state index contributed by atoms with van der Waals surface area (Å²) in [7, 11) is 0. The number of hydrogen-bond acceptors (Lipinski definition) is 8. The van der Waals surface area contributed by atoms with Crippen molar-refractivity contribution in [3.8, 4) is 22.8 Å². The topological polar surface area (TPSA) is 93.8 Å². The Balaban J connectivity index is 1.33. The van der Waals surface area contributed by atoms with Gasteiger partial charge in [-0.05, 0) is 11.4 Å². The Morgan fingerprint density at radius 2 is 1.96 bits per heavy atom. The highest BCUT2D eigenvalue weighted by Gasteiger charge is 2.13. The molecule has 4 rings (SSSR count). The van der Waals surface area contributed by atoms with Gasteiger partial charge in [0.2, 0.25) is 22.8 Å². The third kappa shape index (κ3) is 3.84. The van der Waals surface area contributed by atoms with Crippen molar-refractivity contribution in [3.05, 3.63) is 53.0 Å². The summed E-state index contributed by atoms with van der Waals surface area (Å²) in [4.78, 5) is 20.7. The fourth-order valence-corrected chi connectivity index (χ4v) is 3.49. The van der Waals surface area contributed by atoms with Gasteiger partial charge < -0.3 is 9.84 Å². The zero-order chi connectivity index (χ0) is 17.8. The van der Waals surface area contributed by atoms with Gasteiger partial charge in [0.1, 0.15) is 0 Å². The first-order valence-corrected chi connectivity index (χ1v) is 9.54. The molecule has 0 unspecified atom stereocenters. The van der Waals surface area contributed by atoms with Gasteiger partial charge in [0.25, 0.3) is 0 Å². The van der Waals surface area contributed by atoms with Gasteiger partial charge in [-0.3, -0.25) is 4.79 Å². The minimum Gasteiger partial charge on any atom is -0.339 e. The number of thiophene rings is 1. The van der Waals surface area contributed by atoms with Gasteiger partial charge in [-0.15, -0.1) is 0 Å². The number of carbonyl (C=O) groups excluding carboxylic acids is 1. The number of hydrogen-bond donors (Lipinski definition) is 1. The zero-order valence-electron chi connectivity index (χ0n) is 13.5. The van der Waals surface area contributed by atoms with E-state index in [1.54, 1.807) is 11.3 Å². The molecule has 0 fully saturated rings. The van der Waals surface area contributed by atoms with Gasteiger partial charge in [0, 0.05) is 40.9 Å². The minimum atomic E-state index is -0.170. The maximum atomic E-state index is 12.1. The number of anilines is 1. The molecule has 7 nitrogen and oxygen atoms in total. The van der Waals surface area contributed by atoms with Crippen molar-refractivity contribution < 1.29 is 9.32 Å². The van der Waals surface area contributed by atoms with E-state index in [0.717, 1.165) is 22.7 Å². The molecule has 0 aliphatic carbocycles. The van der Waals surface area contributed by atoms with Gasteiger partial charge in [-0.25, -0.2) is 0 Å². The normalized spacial score (nSPS) is 10.8. The molecular formula is C17H13N5O2S2. The lowest BCUT2D eigenvalue weighted by Crippen LogP contribution is -2.12. The average molecular weight is 383 g/mol. The summed E-state index contributed by atoms with van der Waals surface area (Å²) in [5, 5.41) is 11.0. The largest absolute Gasteiger partial charge is 0.339 e. The van der Waals surface area contributed by atoms with Gasteiger partial charge in [0.15, 0.2) is 5.82 Å². The van der Waals surface area contributed by atoms with Crippen molar-refractivity contribution in [1.29, 1.82) is 0 Å². The van der Waals surface area contributed by atoms with Crippen molar-refractivity contribution >= 4 is 33.9 Å². The molecule has 9 heteroatoms. The summed E-state index contributed by atoms with van der Waals surface area (Å²) in [6.07, 6.45) is 0.596. The lowest BCUT2D eigenvalue weighted by molar-refractivity contribution is -0.116. The van der Waals surface area contributed by atoms with E-state index in [4.69, 9.17) is 4.52 Å². The average Bonchev–Trinajstić information content (AvgIpc) is 3.41. The molecule has 3 heterocycles. The van der Waals surface area contributed by atoms with Crippen LogP contribution in [0.25, 0.3) is 22.8 Å². The highest BCUT2D eigenvalue weighted by Crippen LogP contribution is 2.21. The van der Waals surface area contributed by atoms with Gasteiger partial charge in [0.05, 0.1) is 0 Å². The van der Waals surface area contributed by atoms with E-state index in [0.29, 0.717) is 29.1 Å². The van der Waals surface area contributed by atoms with Crippen LogP contribution in [0.15, 0.2) is 51.7 Å². The quantitative estimate of drug-likeness (QED) is 0.543. The second-order valence-electron chi connectivity index (χ2n) is 5.36. The number of aromatic nitrogens is 4. The molecule has 0 saturated carbocycles. The molecule has 0 spiro atoms. The minimum absolute atomic E-state index is 0.170. The number of amides is 1. The lowest BCUT2D eigenvalue weighted by atomic mass is 10.2. The molecule has 0 saturated heterocycles. The molecule has 1 aromatic carbocycles. The number of aryl methyl sites for hydroxylation is 1. The third-order valence-electron chi connectivity index (χ3n) is 3.52. The summed E-state index contributed by atoms with van der Waals surface area (Å²) >= 11 is 2.72. The monoisotopic (exact) mass is 383 g/mol. The number of nitrogens with zero attached hydrogens (tertiary/aromatic N) is 4. The van der Waals surface area contributed by atoms with Crippen LogP contribution in [-0.2, 0) is 11.2 Å². The highest BCUT2D eigenvalue weighted by atomic mass is 32.1. The van der Waals surface area contributed by atoms with Crippen LogP contribution in [0, 0.1) is 0 Å². The maximum Gasteiger partial charge on any atom is 0.227 e. The molecular weight excluding hydrogens is 370 g/mol. The number of carbonyl (C=O) groups is 1. The Hall–Kier alpha value is -2.91. The van der Waals surface area contributed by atoms with Crippen LogP contribution in [0.3, 0.4) is 0 Å². The standard InChI is InChI=1S/C17H13N5O2S2/c23-13(6-7-14-19-15(21-24-14)12-8-9-25-10-12)18-17-20-16(22-26-17)11-4-2-1-3-5-11/h1-5,8-10H,6-7H2,(H,18,20,22,23). The number of nitrogens with one attached hydrogen (secondary N) is 1. The van der Waals surface area contributed by atoms with Crippen molar-refractivity contribution in [1.82, 2.24) is 19.5 Å². The molecule has 26 heavy (non-hydrogen) atoms. The van der Waals surface area contributed by atoms with Crippen LogP contribution >= 0.6 is 22.9 Å². The molecule has 4 aromatic rings. The summed E-state index contributed by atoms with van der Waals surface area (Å²) in [5.74, 6) is 1.40. The van der Waals surface area contributed by atoms with Crippen molar-refractivity contribution in [3.63, 3.8) is 0 Å². The van der Waals surface area contributed by atoms with E-state index in [2.05, 4.69) is 24.8 Å². The van der Waals surface area contributed by atoms with E-state index in [1.807, 2.05) is 47.2 Å². The Labute approximate surface area is 156 Å². The second kappa shape index (κ2) is 7.54.